The molecule has 1 fully saturated rings. The molecular weight excluding hydrogens is 400 g/mol. The van der Waals surface area contributed by atoms with E-state index in [9.17, 15) is 8.42 Å². The van der Waals surface area contributed by atoms with Gasteiger partial charge in [0.1, 0.15) is 0 Å². The SMILES string of the molecule is O=S1(=O)c2ccc(-c3ccncc3)cc2C2CN(Cc3ccc4c(c3)OCO4)CC21. The number of fused-ring (bicyclic) bond motifs is 4. The molecule has 30 heavy (non-hydrogen) atoms. The molecule has 2 unspecified atom stereocenters. The molecule has 0 saturated carbocycles. The second-order valence-electron chi connectivity index (χ2n) is 8.06. The van der Waals surface area contributed by atoms with Gasteiger partial charge in [0.15, 0.2) is 21.3 Å². The summed E-state index contributed by atoms with van der Waals surface area (Å²) in [7, 11) is -3.32. The normalized spacial score (nSPS) is 23.3. The Morgan fingerprint density at radius 1 is 0.933 bits per heavy atom. The molecule has 3 aromatic rings. The second kappa shape index (κ2) is 6.55. The molecule has 0 radical (unpaired) electrons. The molecule has 3 aliphatic rings. The molecule has 4 heterocycles. The van der Waals surface area contributed by atoms with E-state index < -0.39 is 9.84 Å². The van der Waals surface area contributed by atoms with Crippen molar-refractivity contribution < 1.29 is 17.9 Å². The molecule has 2 aromatic carbocycles. The number of sulfone groups is 1. The van der Waals surface area contributed by atoms with E-state index in [2.05, 4.69) is 16.0 Å². The molecule has 1 saturated heterocycles. The van der Waals surface area contributed by atoms with Crippen molar-refractivity contribution >= 4 is 9.84 Å². The van der Waals surface area contributed by atoms with Gasteiger partial charge in [-0.05, 0) is 58.7 Å². The first kappa shape index (κ1) is 17.9. The average molecular weight is 420 g/mol. The van der Waals surface area contributed by atoms with Crippen LogP contribution in [0, 0.1) is 0 Å². The Hall–Kier alpha value is -2.90. The average Bonchev–Trinajstić information content (AvgIpc) is 3.45. The molecule has 0 N–H and O–H groups in total. The summed E-state index contributed by atoms with van der Waals surface area (Å²) in [6.45, 7) is 2.21. The molecule has 152 valence electrons. The molecule has 3 aliphatic heterocycles. The fourth-order valence-corrected chi connectivity index (χ4v) is 7.07. The maximum absolute atomic E-state index is 13.2. The lowest BCUT2D eigenvalue weighted by Crippen LogP contribution is -2.25. The minimum atomic E-state index is -3.32. The predicted molar refractivity (Wildman–Crippen MR) is 111 cm³/mol. The first-order valence-electron chi connectivity index (χ1n) is 9.99. The number of ether oxygens (including phenoxy) is 2. The first-order valence-corrected chi connectivity index (χ1v) is 11.5. The summed E-state index contributed by atoms with van der Waals surface area (Å²) in [5.41, 5.74) is 4.12. The Kier molecular flexibility index (Phi) is 3.91. The topological polar surface area (TPSA) is 68.7 Å². The largest absolute Gasteiger partial charge is 0.454 e. The van der Waals surface area contributed by atoms with Crippen molar-refractivity contribution in [3.05, 3.63) is 72.1 Å². The fourth-order valence-electron chi connectivity index (χ4n) is 4.88. The van der Waals surface area contributed by atoms with Gasteiger partial charge >= 0.3 is 0 Å². The molecular formula is C23H20N2O4S. The molecule has 0 aliphatic carbocycles. The van der Waals surface area contributed by atoms with E-state index in [1.54, 1.807) is 18.5 Å². The minimum Gasteiger partial charge on any atom is -0.454 e. The maximum atomic E-state index is 13.2. The quantitative estimate of drug-likeness (QED) is 0.648. The summed E-state index contributed by atoms with van der Waals surface area (Å²) in [4.78, 5) is 6.80. The highest BCUT2D eigenvalue weighted by Crippen LogP contribution is 2.46. The van der Waals surface area contributed by atoms with E-state index >= 15 is 0 Å². The molecule has 0 spiro atoms. The van der Waals surface area contributed by atoms with E-state index in [0.29, 0.717) is 18.0 Å². The van der Waals surface area contributed by atoms with E-state index in [0.717, 1.165) is 40.3 Å². The lowest BCUT2D eigenvalue weighted by atomic mass is 9.95. The fraction of sp³-hybridized carbons (Fsp3) is 0.261. The zero-order valence-corrected chi connectivity index (χ0v) is 17.0. The van der Waals surface area contributed by atoms with Crippen LogP contribution < -0.4 is 9.47 Å². The number of pyridine rings is 1. The zero-order chi connectivity index (χ0) is 20.3. The molecule has 7 heteroatoms. The van der Waals surface area contributed by atoms with Crippen LogP contribution in [0.2, 0.25) is 0 Å². The van der Waals surface area contributed by atoms with Gasteiger partial charge in [-0.1, -0.05) is 12.1 Å². The zero-order valence-electron chi connectivity index (χ0n) is 16.2. The summed E-state index contributed by atoms with van der Waals surface area (Å²) < 4.78 is 37.2. The van der Waals surface area contributed by atoms with Crippen molar-refractivity contribution in [3.8, 4) is 22.6 Å². The van der Waals surface area contributed by atoms with Crippen LogP contribution in [0.1, 0.15) is 17.0 Å². The van der Waals surface area contributed by atoms with E-state index in [-0.39, 0.29) is 18.0 Å². The third kappa shape index (κ3) is 2.73. The van der Waals surface area contributed by atoms with Crippen LogP contribution in [0.3, 0.4) is 0 Å². The maximum Gasteiger partial charge on any atom is 0.231 e. The van der Waals surface area contributed by atoms with Gasteiger partial charge in [-0.2, -0.15) is 0 Å². The Morgan fingerprint density at radius 2 is 1.77 bits per heavy atom. The van der Waals surface area contributed by atoms with Gasteiger partial charge in [-0.3, -0.25) is 9.88 Å². The number of aromatic nitrogens is 1. The number of nitrogens with zero attached hydrogens (tertiary/aromatic N) is 2. The lowest BCUT2D eigenvalue weighted by molar-refractivity contribution is 0.174. The summed E-state index contributed by atoms with van der Waals surface area (Å²) in [6, 6.07) is 15.6. The van der Waals surface area contributed by atoms with Crippen LogP contribution in [0.5, 0.6) is 11.5 Å². The number of hydrogen-bond acceptors (Lipinski definition) is 6. The van der Waals surface area contributed by atoms with Crippen molar-refractivity contribution in [1.82, 2.24) is 9.88 Å². The molecule has 0 bridgehead atoms. The van der Waals surface area contributed by atoms with E-state index in [1.807, 2.05) is 36.4 Å². The molecule has 6 rings (SSSR count). The van der Waals surface area contributed by atoms with Crippen LogP contribution >= 0.6 is 0 Å². The summed E-state index contributed by atoms with van der Waals surface area (Å²) in [5, 5.41) is -0.380. The molecule has 0 amide bonds. The van der Waals surface area contributed by atoms with Crippen molar-refractivity contribution in [2.75, 3.05) is 19.9 Å². The van der Waals surface area contributed by atoms with Gasteiger partial charge in [0.25, 0.3) is 0 Å². The van der Waals surface area contributed by atoms with Crippen LogP contribution in [-0.4, -0.2) is 43.4 Å². The second-order valence-corrected chi connectivity index (χ2v) is 10.2. The van der Waals surface area contributed by atoms with E-state index in [1.165, 1.54) is 0 Å². The Labute approximate surface area is 175 Å². The smallest absolute Gasteiger partial charge is 0.231 e. The molecule has 2 atom stereocenters. The van der Waals surface area contributed by atoms with Crippen molar-refractivity contribution in [3.63, 3.8) is 0 Å². The monoisotopic (exact) mass is 420 g/mol. The minimum absolute atomic E-state index is 0.000739. The van der Waals surface area contributed by atoms with E-state index in [4.69, 9.17) is 9.47 Å². The number of likely N-dealkylation sites (tertiary alicyclic amines) is 1. The van der Waals surface area contributed by atoms with Gasteiger partial charge in [0, 0.05) is 37.9 Å². The highest BCUT2D eigenvalue weighted by Gasteiger charge is 2.50. The highest BCUT2D eigenvalue weighted by molar-refractivity contribution is 7.92. The van der Waals surface area contributed by atoms with Gasteiger partial charge in [-0.15, -0.1) is 0 Å². The van der Waals surface area contributed by atoms with Crippen molar-refractivity contribution in [2.45, 2.75) is 22.6 Å². The number of rotatable bonds is 3. The van der Waals surface area contributed by atoms with Crippen LogP contribution in [0.15, 0.2) is 65.8 Å². The summed E-state index contributed by atoms with van der Waals surface area (Å²) in [5.74, 6) is 1.52. The van der Waals surface area contributed by atoms with Crippen LogP contribution in [0.25, 0.3) is 11.1 Å². The van der Waals surface area contributed by atoms with Crippen molar-refractivity contribution in [1.29, 1.82) is 0 Å². The third-order valence-electron chi connectivity index (χ3n) is 6.31. The summed E-state index contributed by atoms with van der Waals surface area (Å²) >= 11 is 0. The Balaban J connectivity index is 1.30. The standard InChI is InChI=1S/C23H20N2O4S/c26-30(27)22-4-2-17(16-5-7-24-8-6-16)10-18(22)19-12-25(13-23(19)30)11-15-1-3-20-21(9-15)29-14-28-20/h1-10,19,23H,11-14H2. The first-order chi connectivity index (χ1) is 14.6. The van der Waals surface area contributed by atoms with Crippen molar-refractivity contribution in [2.24, 2.45) is 0 Å². The van der Waals surface area contributed by atoms with Gasteiger partial charge in [0.05, 0.1) is 10.1 Å². The van der Waals surface area contributed by atoms with Gasteiger partial charge < -0.3 is 9.47 Å². The van der Waals surface area contributed by atoms with Crippen LogP contribution in [-0.2, 0) is 16.4 Å². The third-order valence-corrected chi connectivity index (χ3v) is 8.57. The number of benzene rings is 2. The Morgan fingerprint density at radius 3 is 2.63 bits per heavy atom. The summed E-state index contributed by atoms with van der Waals surface area (Å²) in [6.07, 6.45) is 3.51. The highest BCUT2D eigenvalue weighted by atomic mass is 32.2. The molecule has 6 nitrogen and oxygen atoms in total. The predicted octanol–water partition coefficient (Wildman–Crippen LogP) is 3.23. The Bertz CT molecular complexity index is 1240. The molecule has 1 aromatic heterocycles. The van der Waals surface area contributed by atoms with Gasteiger partial charge in [-0.25, -0.2) is 8.42 Å². The van der Waals surface area contributed by atoms with Crippen LogP contribution in [0.4, 0.5) is 0 Å². The number of hydrogen-bond donors (Lipinski definition) is 0. The van der Waals surface area contributed by atoms with Gasteiger partial charge in [0.2, 0.25) is 6.79 Å². The lowest BCUT2D eigenvalue weighted by Gasteiger charge is -2.18.